The van der Waals surface area contributed by atoms with E-state index < -0.39 is 0 Å². The lowest BCUT2D eigenvalue weighted by Gasteiger charge is -2.04. The summed E-state index contributed by atoms with van der Waals surface area (Å²) in [6.45, 7) is 0.538. The third-order valence-electron chi connectivity index (χ3n) is 1.98. The minimum Gasteiger partial charge on any atom is -0.457 e. The molecule has 78 valence electrons. The van der Waals surface area contributed by atoms with Gasteiger partial charge in [-0.2, -0.15) is 0 Å². The van der Waals surface area contributed by atoms with Gasteiger partial charge in [-0.15, -0.1) is 0 Å². The van der Waals surface area contributed by atoms with Crippen LogP contribution in [0.15, 0.2) is 45.7 Å². The largest absolute Gasteiger partial charge is 0.457 e. The molecule has 0 atom stereocenters. The first-order valence-corrected chi connectivity index (χ1v) is 5.26. The van der Waals surface area contributed by atoms with Crippen molar-refractivity contribution in [1.82, 2.24) is 0 Å². The molecule has 0 unspecified atom stereocenters. The average molecular weight is 270 g/mol. The SMILES string of the molecule is Fc1ccccc1NCc1coc(Br)c1. The van der Waals surface area contributed by atoms with E-state index in [-0.39, 0.29) is 5.82 Å². The van der Waals surface area contributed by atoms with Gasteiger partial charge in [0, 0.05) is 12.1 Å². The molecule has 0 spiro atoms. The van der Waals surface area contributed by atoms with E-state index in [1.165, 1.54) is 6.07 Å². The number of benzene rings is 1. The first-order valence-electron chi connectivity index (χ1n) is 4.47. The number of para-hydroxylation sites is 1. The molecule has 2 nitrogen and oxygen atoms in total. The lowest BCUT2D eigenvalue weighted by atomic mass is 10.3. The predicted octanol–water partition coefficient (Wildman–Crippen LogP) is 3.79. The Bertz CT molecular complexity index is 455. The molecule has 0 bridgehead atoms. The molecule has 0 saturated carbocycles. The number of halogens is 2. The smallest absolute Gasteiger partial charge is 0.169 e. The zero-order chi connectivity index (χ0) is 10.7. The molecular formula is C11H9BrFNO. The minimum absolute atomic E-state index is 0.250. The van der Waals surface area contributed by atoms with Crippen LogP contribution in [0.25, 0.3) is 0 Å². The lowest BCUT2D eigenvalue weighted by molar-refractivity contribution is 0.539. The Labute approximate surface area is 95.2 Å². The second kappa shape index (κ2) is 4.49. The lowest BCUT2D eigenvalue weighted by Crippen LogP contribution is -1.99. The fraction of sp³-hybridized carbons (Fsp3) is 0.0909. The van der Waals surface area contributed by atoms with E-state index >= 15 is 0 Å². The molecule has 0 aliphatic heterocycles. The second-order valence-electron chi connectivity index (χ2n) is 3.09. The Kier molecular flexibility index (Phi) is 3.06. The predicted molar refractivity (Wildman–Crippen MR) is 60.1 cm³/mol. The summed E-state index contributed by atoms with van der Waals surface area (Å²) in [7, 11) is 0. The number of rotatable bonds is 3. The maximum atomic E-state index is 13.2. The van der Waals surface area contributed by atoms with Crippen molar-refractivity contribution in [2.75, 3.05) is 5.32 Å². The van der Waals surface area contributed by atoms with Gasteiger partial charge in [0.05, 0.1) is 12.0 Å². The van der Waals surface area contributed by atoms with Gasteiger partial charge in [-0.05, 0) is 34.1 Å². The van der Waals surface area contributed by atoms with E-state index in [1.807, 2.05) is 6.07 Å². The van der Waals surface area contributed by atoms with Crippen molar-refractivity contribution >= 4 is 21.6 Å². The van der Waals surface area contributed by atoms with Gasteiger partial charge in [0.2, 0.25) is 0 Å². The normalized spacial score (nSPS) is 10.3. The van der Waals surface area contributed by atoms with Crippen molar-refractivity contribution in [3.8, 4) is 0 Å². The Hall–Kier alpha value is -1.29. The molecule has 1 N–H and O–H groups in total. The van der Waals surface area contributed by atoms with Crippen LogP contribution in [-0.4, -0.2) is 0 Å². The molecule has 2 aromatic rings. The van der Waals surface area contributed by atoms with Gasteiger partial charge in [-0.3, -0.25) is 0 Å². The summed E-state index contributed by atoms with van der Waals surface area (Å²) in [5.74, 6) is -0.250. The Balaban J connectivity index is 2.02. The number of hydrogen-bond donors (Lipinski definition) is 1. The molecule has 0 fully saturated rings. The third-order valence-corrected chi connectivity index (χ3v) is 2.39. The van der Waals surface area contributed by atoms with Crippen LogP contribution in [0.3, 0.4) is 0 Å². The second-order valence-corrected chi connectivity index (χ2v) is 3.87. The molecule has 1 heterocycles. The summed E-state index contributed by atoms with van der Waals surface area (Å²) < 4.78 is 18.9. The van der Waals surface area contributed by atoms with Gasteiger partial charge in [0.1, 0.15) is 5.82 Å². The van der Waals surface area contributed by atoms with Crippen LogP contribution >= 0.6 is 15.9 Å². The van der Waals surface area contributed by atoms with E-state index in [2.05, 4.69) is 21.2 Å². The zero-order valence-electron chi connectivity index (χ0n) is 7.84. The number of furan rings is 1. The summed E-state index contributed by atoms with van der Waals surface area (Å²) in [5, 5.41) is 2.99. The highest BCUT2D eigenvalue weighted by Crippen LogP contribution is 2.17. The molecule has 0 radical (unpaired) electrons. The Morgan fingerprint density at radius 3 is 2.80 bits per heavy atom. The highest BCUT2D eigenvalue weighted by Gasteiger charge is 2.01. The third kappa shape index (κ3) is 2.59. The number of hydrogen-bond acceptors (Lipinski definition) is 2. The fourth-order valence-corrected chi connectivity index (χ4v) is 1.63. The van der Waals surface area contributed by atoms with E-state index in [0.29, 0.717) is 16.9 Å². The summed E-state index contributed by atoms with van der Waals surface area (Å²) in [4.78, 5) is 0. The van der Waals surface area contributed by atoms with E-state index in [4.69, 9.17) is 4.42 Å². The van der Waals surface area contributed by atoms with Crippen LogP contribution in [-0.2, 0) is 6.54 Å². The number of nitrogens with one attached hydrogen (secondary N) is 1. The van der Waals surface area contributed by atoms with Gasteiger partial charge < -0.3 is 9.73 Å². The maximum Gasteiger partial charge on any atom is 0.169 e. The van der Waals surface area contributed by atoms with Crippen LogP contribution < -0.4 is 5.32 Å². The van der Waals surface area contributed by atoms with Gasteiger partial charge in [0.15, 0.2) is 4.67 Å². The van der Waals surface area contributed by atoms with Crippen molar-refractivity contribution in [2.24, 2.45) is 0 Å². The van der Waals surface area contributed by atoms with Crippen LogP contribution in [0.4, 0.5) is 10.1 Å². The van der Waals surface area contributed by atoms with Gasteiger partial charge in [-0.25, -0.2) is 4.39 Å². The molecule has 2 rings (SSSR count). The molecular weight excluding hydrogens is 261 g/mol. The molecule has 0 saturated heterocycles. The molecule has 0 aliphatic rings. The summed E-state index contributed by atoms with van der Waals surface area (Å²) >= 11 is 3.20. The van der Waals surface area contributed by atoms with Crippen molar-refractivity contribution in [2.45, 2.75) is 6.54 Å². The minimum atomic E-state index is -0.250. The molecule has 0 amide bonds. The van der Waals surface area contributed by atoms with Gasteiger partial charge in [-0.1, -0.05) is 12.1 Å². The maximum absolute atomic E-state index is 13.2. The van der Waals surface area contributed by atoms with Gasteiger partial charge in [0.25, 0.3) is 0 Å². The average Bonchev–Trinajstić information content (AvgIpc) is 2.63. The highest BCUT2D eigenvalue weighted by molar-refractivity contribution is 9.10. The monoisotopic (exact) mass is 269 g/mol. The van der Waals surface area contributed by atoms with E-state index in [1.54, 1.807) is 24.5 Å². The fourth-order valence-electron chi connectivity index (χ4n) is 1.24. The van der Waals surface area contributed by atoms with E-state index in [9.17, 15) is 4.39 Å². The topological polar surface area (TPSA) is 25.2 Å². The first-order chi connectivity index (χ1) is 7.25. The molecule has 4 heteroatoms. The van der Waals surface area contributed by atoms with Crippen molar-refractivity contribution < 1.29 is 8.81 Å². The van der Waals surface area contributed by atoms with Crippen molar-refractivity contribution in [1.29, 1.82) is 0 Å². The summed E-state index contributed by atoms with van der Waals surface area (Å²) in [5.41, 5.74) is 1.46. The Morgan fingerprint density at radius 1 is 1.33 bits per heavy atom. The molecule has 15 heavy (non-hydrogen) atoms. The van der Waals surface area contributed by atoms with Crippen molar-refractivity contribution in [3.05, 3.63) is 52.6 Å². The standard InChI is InChI=1S/C11H9BrFNO/c12-11-5-8(7-15-11)6-14-10-4-2-1-3-9(10)13/h1-5,7,14H,6H2. The summed E-state index contributed by atoms with van der Waals surface area (Å²) in [6.07, 6.45) is 1.62. The number of anilines is 1. The van der Waals surface area contributed by atoms with Crippen LogP contribution in [0.5, 0.6) is 0 Å². The van der Waals surface area contributed by atoms with Crippen LogP contribution in [0.2, 0.25) is 0 Å². The molecule has 0 aliphatic carbocycles. The van der Waals surface area contributed by atoms with Gasteiger partial charge >= 0.3 is 0 Å². The zero-order valence-corrected chi connectivity index (χ0v) is 9.42. The van der Waals surface area contributed by atoms with Crippen LogP contribution in [0, 0.1) is 5.82 Å². The highest BCUT2D eigenvalue weighted by atomic mass is 79.9. The first kappa shape index (κ1) is 10.2. The molecule has 1 aromatic carbocycles. The quantitative estimate of drug-likeness (QED) is 0.917. The Morgan fingerprint density at radius 2 is 2.13 bits per heavy atom. The molecule has 1 aromatic heterocycles. The van der Waals surface area contributed by atoms with Crippen molar-refractivity contribution in [3.63, 3.8) is 0 Å². The summed E-state index contributed by atoms with van der Waals surface area (Å²) in [6, 6.07) is 8.41. The van der Waals surface area contributed by atoms with Crippen LogP contribution in [0.1, 0.15) is 5.56 Å². The van der Waals surface area contributed by atoms with E-state index in [0.717, 1.165) is 5.56 Å².